The van der Waals surface area contributed by atoms with Crippen LogP contribution in [0.1, 0.15) is 35.9 Å². The first-order valence-electron chi connectivity index (χ1n) is 9.77. The minimum absolute atomic E-state index is 0.344. The highest BCUT2D eigenvalue weighted by molar-refractivity contribution is 7.10. The summed E-state index contributed by atoms with van der Waals surface area (Å²) >= 11 is 1.42. The first-order chi connectivity index (χ1) is 14.7. The molecule has 1 unspecified atom stereocenters. The Morgan fingerprint density at radius 1 is 1.40 bits per heavy atom. The molecule has 5 rings (SSSR count). The Hall–Kier alpha value is -3.24. The fourth-order valence-corrected chi connectivity index (χ4v) is 4.42. The van der Waals surface area contributed by atoms with Gasteiger partial charge in [-0.1, -0.05) is 5.16 Å². The van der Waals surface area contributed by atoms with E-state index >= 15 is 0 Å². The van der Waals surface area contributed by atoms with Crippen molar-refractivity contribution in [1.29, 1.82) is 0 Å². The highest BCUT2D eigenvalue weighted by Gasteiger charge is 2.21. The molecule has 0 spiro atoms. The van der Waals surface area contributed by atoms with Gasteiger partial charge in [0.1, 0.15) is 22.8 Å². The van der Waals surface area contributed by atoms with Crippen molar-refractivity contribution in [3.05, 3.63) is 47.8 Å². The molecule has 1 saturated heterocycles. The van der Waals surface area contributed by atoms with Crippen molar-refractivity contribution < 1.29 is 9.62 Å². The minimum Gasteiger partial charge on any atom is -0.463 e. The summed E-state index contributed by atoms with van der Waals surface area (Å²) in [6, 6.07) is 5.89. The summed E-state index contributed by atoms with van der Waals surface area (Å²) in [5.41, 5.74) is 4.43. The average Bonchev–Trinajstić information content (AvgIpc) is 3.49. The second-order valence-electron chi connectivity index (χ2n) is 7.34. The smallest absolute Gasteiger partial charge is 0.165 e. The van der Waals surface area contributed by atoms with Crippen molar-refractivity contribution >= 4 is 34.2 Å². The Morgan fingerprint density at radius 3 is 3.10 bits per heavy atom. The molecule has 1 fully saturated rings. The number of aryl methyl sites for hydroxylation is 1. The Morgan fingerprint density at radius 2 is 2.33 bits per heavy atom. The van der Waals surface area contributed by atoms with Gasteiger partial charge in [0.05, 0.1) is 23.8 Å². The van der Waals surface area contributed by atoms with Crippen LogP contribution in [-0.2, 0) is 0 Å². The first-order valence-corrected chi connectivity index (χ1v) is 10.5. The van der Waals surface area contributed by atoms with E-state index in [4.69, 9.17) is 14.6 Å². The quantitative estimate of drug-likeness (QED) is 0.254. The van der Waals surface area contributed by atoms with E-state index in [9.17, 15) is 0 Å². The molecule has 4 aromatic rings. The van der Waals surface area contributed by atoms with Crippen molar-refractivity contribution in [2.45, 2.75) is 25.7 Å². The predicted molar refractivity (Wildman–Crippen MR) is 115 cm³/mol. The Balaban J connectivity index is 1.62. The lowest BCUT2D eigenvalue weighted by molar-refractivity contribution is 0.320. The Kier molecular flexibility index (Phi) is 4.93. The fourth-order valence-electron chi connectivity index (χ4n) is 3.76. The molecule has 9 nitrogen and oxygen atoms in total. The number of oxime groups is 1. The van der Waals surface area contributed by atoms with E-state index in [1.54, 1.807) is 23.0 Å². The number of anilines is 2. The molecule has 5 heterocycles. The van der Waals surface area contributed by atoms with E-state index in [-0.39, 0.29) is 0 Å². The number of rotatable bonds is 5. The van der Waals surface area contributed by atoms with Gasteiger partial charge < -0.3 is 20.3 Å². The number of nitrogens with one attached hydrogen (secondary N) is 2. The molecule has 0 bridgehead atoms. The summed E-state index contributed by atoms with van der Waals surface area (Å²) in [5, 5.41) is 24.2. The topological polar surface area (TPSA) is 113 Å². The molecule has 3 N–H and O–H groups in total. The molecule has 1 atom stereocenters. The average molecular weight is 424 g/mol. The third-order valence-electron chi connectivity index (χ3n) is 5.20. The number of hydrogen-bond donors (Lipinski definition) is 3. The maximum absolute atomic E-state index is 8.75. The van der Waals surface area contributed by atoms with Crippen LogP contribution in [0.25, 0.3) is 16.8 Å². The van der Waals surface area contributed by atoms with Crippen LogP contribution in [0.5, 0.6) is 0 Å². The Labute approximate surface area is 176 Å². The van der Waals surface area contributed by atoms with E-state index in [1.807, 2.05) is 13.0 Å². The lowest BCUT2D eigenvalue weighted by atomic mass is 9.96. The zero-order valence-electron chi connectivity index (χ0n) is 16.4. The van der Waals surface area contributed by atoms with Gasteiger partial charge in [-0.15, -0.1) is 0 Å². The van der Waals surface area contributed by atoms with Crippen LogP contribution >= 0.6 is 11.5 Å². The van der Waals surface area contributed by atoms with Crippen molar-refractivity contribution in [2.75, 3.05) is 18.4 Å². The maximum Gasteiger partial charge on any atom is 0.165 e. The molecular weight excluding hydrogens is 402 g/mol. The summed E-state index contributed by atoms with van der Waals surface area (Å²) in [5.74, 6) is 1.64. The van der Waals surface area contributed by atoms with Gasteiger partial charge in [0, 0.05) is 29.7 Å². The van der Waals surface area contributed by atoms with E-state index < -0.39 is 0 Å². The molecule has 1 aliphatic heterocycles. The number of piperidine rings is 1. The highest BCUT2D eigenvalue weighted by Crippen LogP contribution is 2.32. The summed E-state index contributed by atoms with van der Waals surface area (Å²) in [7, 11) is 0. The van der Waals surface area contributed by atoms with Crippen molar-refractivity contribution in [3.8, 4) is 11.1 Å². The van der Waals surface area contributed by atoms with Crippen LogP contribution in [0.3, 0.4) is 0 Å². The van der Waals surface area contributed by atoms with Gasteiger partial charge in [0.2, 0.25) is 0 Å². The van der Waals surface area contributed by atoms with E-state index in [2.05, 4.69) is 31.3 Å². The summed E-state index contributed by atoms with van der Waals surface area (Å²) in [4.78, 5) is 4.98. The first kappa shape index (κ1) is 18.8. The van der Waals surface area contributed by atoms with Crippen LogP contribution in [0.15, 0.2) is 40.2 Å². The molecule has 30 heavy (non-hydrogen) atoms. The van der Waals surface area contributed by atoms with Gasteiger partial charge in [0.15, 0.2) is 5.65 Å². The van der Waals surface area contributed by atoms with Crippen LogP contribution < -0.4 is 10.6 Å². The number of hydrogen-bond acceptors (Lipinski definition) is 9. The van der Waals surface area contributed by atoms with E-state index in [1.165, 1.54) is 17.7 Å². The third-order valence-corrected chi connectivity index (χ3v) is 6.00. The predicted octanol–water partition coefficient (Wildman–Crippen LogP) is 3.77. The van der Waals surface area contributed by atoms with Gasteiger partial charge in [-0.05, 0) is 50.0 Å². The molecule has 10 heteroatoms. The molecule has 0 saturated carbocycles. The monoisotopic (exact) mass is 423 g/mol. The summed E-state index contributed by atoms with van der Waals surface area (Å²) in [6.07, 6.45) is 6.87. The number of furan rings is 1. The third kappa shape index (κ3) is 3.55. The molecule has 0 amide bonds. The molecule has 0 aromatic carbocycles. The van der Waals surface area contributed by atoms with E-state index in [0.29, 0.717) is 11.7 Å². The van der Waals surface area contributed by atoms with Crippen molar-refractivity contribution in [3.63, 3.8) is 0 Å². The maximum atomic E-state index is 8.75. The lowest BCUT2D eigenvalue weighted by Gasteiger charge is -2.23. The minimum atomic E-state index is 0.344. The lowest BCUT2D eigenvalue weighted by Crippen LogP contribution is -2.29. The van der Waals surface area contributed by atoms with Gasteiger partial charge >= 0.3 is 0 Å². The molecule has 4 aromatic heterocycles. The summed E-state index contributed by atoms with van der Waals surface area (Å²) < 4.78 is 11.6. The van der Waals surface area contributed by atoms with Crippen molar-refractivity contribution in [2.24, 2.45) is 5.16 Å². The van der Waals surface area contributed by atoms with Gasteiger partial charge in [0.25, 0.3) is 0 Å². The molecule has 0 radical (unpaired) electrons. The van der Waals surface area contributed by atoms with Gasteiger partial charge in [-0.25, -0.2) is 4.98 Å². The molecular formula is C20H21N7O2S. The Bertz CT molecular complexity index is 1200. The van der Waals surface area contributed by atoms with Crippen LogP contribution in [0, 0.1) is 6.92 Å². The summed E-state index contributed by atoms with van der Waals surface area (Å²) in [6.45, 7) is 3.93. The molecule has 0 aliphatic carbocycles. The second kappa shape index (κ2) is 7.88. The second-order valence-corrected chi connectivity index (χ2v) is 8.15. The zero-order valence-corrected chi connectivity index (χ0v) is 17.2. The normalized spacial score (nSPS) is 17.2. The van der Waals surface area contributed by atoms with Crippen LogP contribution in [0.4, 0.5) is 10.8 Å². The molecule has 154 valence electrons. The van der Waals surface area contributed by atoms with Crippen LogP contribution in [-0.4, -0.2) is 43.5 Å². The largest absolute Gasteiger partial charge is 0.463 e. The van der Waals surface area contributed by atoms with Gasteiger partial charge in [-0.3, -0.25) is 0 Å². The molecule has 1 aliphatic rings. The highest BCUT2D eigenvalue weighted by atomic mass is 32.1. The van der Waals surface area contributed by atoms with Crippen molar-refractivity contribution in [1.82, 2.24) is 24.3 Å². The van der Waals surface area contributed by atoms with Gasteiger partial charge in [-0.2, -0.15) is 14.0 Å². The number of nitrogens with zero attached hydrogens (tertiary/aromatic N) is 5. The van der Waals surface area contributed by atoms with Crippen LogP contribution in [0.2, 0.25) is 0 Å². The number of aromatic nitrogens is 4. The van der Waals surface area contributed by atoms with E-state index in [0.717, 1.165) is 64.9 Å². The standard InChI is InChI=1S/C20H21N7O2S/c1-12-5-19(30-26-12)25-18-7-17(13-3-2-4-21-8-13)24-20-16(10-22-27(18)20)14-6-15(9-23-28)29-11-14/h5-7,9-11,13,21,25,28H,2-4,8H2,1H3. The fraction of sp³-hybridized carbons (Fsp3) is 0.300. The zero-order chi connectivity index (χ0) is 20.5. The SMILES string of the molecule is Cc1cc(Nc2cc(C3CCCNC3)nc3c(-c4coc(C=NO)c4)cnn23)sn1. The number of fused-ring (bicyclic) bond motifs is 1.